The Balaban J connectivity index is 2.76. The summed E-state index contributed by atoms with van der Waals surface area (Å²) in [6.45, 7) is 2.25. The molecule has 2 aromatic rings. The van der Waals surface area contributed by atoms with E-state index in [1.54, 1.807) is 0 Å². The number of carbonyl (C=O) groups is 2. The van der Waals surface area contributed by atoms with Gasteiger partial charge in [-0.05, 0) is 12.1 Å². The van der Waals surface area contributed by atoms with Crippen molar-refractivity contribution in [3.8, 4) is 17.2 Å². The molecule has 0 aliphatic heterocycles. The van der Waals surface area contributed by atoms with E-state index in [0.717, 1.165) is 6.92 Å². The van der Waals surface area contributed by atoms with Crippen molar-refractivity contribution in [2.24, 2.45) is 0 Å². The number of hydrogen-bond donors (Lipinski definition) is 1. The van der Waals surface area contributed by atoms with E-state index >= 15 is 0 Å². The van der Waals surface area contributed by atoms with E-state index in [0.29, 0.717) is 0 Å². The quantitative estimate of drug-likeness (QED) is 0.502. The highest BCUT2D eigenvalue weighted by Crippen LogP contribution is 2.37. The molecule has 1 heterocycles. The van der Waals surface area contributed by atoms with Gasteiger partial charge in [0.05, 0.1) is 0 Å². The Morgan fingerprint density at radius 2 is 1.80 bits per heavy atom. The van der Waals surface area contributed by atoms with E-state index in [4.69, 9.17) is 9.15 Å². The van der Waals surface area contributed by atoms with Gasteiger partial charge in [0.1, 0.15) is 16.7 Å². The molecular weight excluding hydrogens is 268 g/mol. The Labute approximate surface area is 112 Å². The minimum atomic E-state index is -1.01. The molecule has 20 heavy (non-hydrogen) atoms. The molecule has 104 valence electrons. The summed E-state index contributed by atoms with van der Waals surface area (Å²) in [5.41, 5.74) is -1.01. The number of aromatic hydroxyl groups is 1. The van der Waals surface area contributed by atoms with Gasteiger partial charge in [-0.2, -0.15) is 0 Å². The molecule has 0 aliphatic rings. The fourth-order valence-electron chi connectivity index (χ4n) is 1.66. The largest absolute Gasteiger partial charge is 0.503 e. The lowest BCUT2D eigenvalue weighted by atomic mass is 10.2. The van der Waals surface area contributed by atoms with Crippen LogP contribution in [0.2, 0.25) is 0 Å². The molecule has 0 saturated heterocycles. The first-order chi connectivity index (χ1) is 9.40. The van der Waals surface area contributed by atoms with Gasteiger partial charge < -0.3 is 19.0 Å². The SMILES string of the molecule is CC(=O)Oc1c(O)c2c(OC(C)=O)cccc2oc1=O. The summed E-state index contributed by atoms with van der Waals surface area (Å²) in [6, 6.07) is 4.29. The number of hydrogen-bond acceptors (Lipinski definition) is 7. The molecule has 1 aromatic carbocycles. The Bertz CT molecular complexity index is 757. The number of ether oxygens (including phenoxy) is 2. The molecule has 2 rings (SSSR count). The summed E-state index contributed by atoms with van der Waals surface area (Å²) < 4.78 is 14.4. The molecule has 0 fully saturated rings. The second-order valence-electron chi connectivity index (χ2n) is 3.88. The Kier molecular flexibility index (Phi) is 3.43. The van der Waals surface area contributed by atoms with Crippen LogP contribution < -0.4 is 15.1 Å². The molecule has 0 amide bonds. The highest BCUT2D eigenvalue weighted by atomic mass is 16.6. The number of fused-ring (bicyclic) bond motifs is 1. The first-order valence-electron chi connectivity index (χ1n) is 5.55. The third-order valence-corrected chi connectivity index (χ3v) is 2.33. The van der Waals surface area contributed by atoms with Crippen LogP contribution >= 0.6 is 0 Å². The minimum absolute atomic E-state index is 0.00199. The molecule has 1 aromatic heterocycles. The van der Waals surface area contributed by atoms with Gasteiger partial charge in [-0.3, -0.25) is 9.59 Å². The summed E-state index contributed by atoms with van der Waals surface area (Å²) in [4.78, 5) is 33.5. The van der Waals surface area contributed by atoms with Gasteiger partial charge in [-0.15, -0.1) is 0 Å². The van der Waals surface area contributed by atoms with Crippen molar-refractivity contribution in [2.75, 3.05) is 0 Å². The fourth-order valence-corrected chi connectivity index (χ4v) is 1.66. The maximum atomic E-state index is 11.6. The minimum Gasteiger partial charge on any atom is -0.503 e. The van der Waals surface area contributed by atoms with E-state index in [9.17, 15) is 19.5 Å². The lowest BCUT2D eigenvalue weighted by Crippen LogP contribution is -2.11. The number of esters is 2. The topological polar surface area (TPSA) is 103 Å². The van der Waals surface area contributed by atoms with Crippen molar-refractivity contribution in [3.63, 3.8) is 0 Å². The standard InChI is InChI=1S/C13H10O7/c1-6(14)18-8-4-3-5-9-10(8)11(16)12(13(17)20-9)19-7(2)15/h3-5,16H,1-2H3. The Morgan fingerprint density at radius 1 is 1.15 bits per heavy atom. The molecule has 0 saturated carbocycles. The highest BCUT2D eigenvalue weighted by Gasteiger charge is 2.20. The van der Waals surface area contributed by atoms with Crippen LogP contribution in [0.3, 0.4) is 0 Å². The van der Waals surface area contributed by atoms with Crippen molar-refractivity contribution in [1.82, 2.24) is 0 Å². The fraction of sp³-hybridized carbons (Fsp3) is 0.154. The highest BCUT2D eigenvalue weighted by molar-refractivity contribution is 5.93. The Morgan fingerprint density at radius 3 is 2.40 bits per heavy atom. The van der Waals surface area contributed by atoms with Crippen LogP contribution in [0.4, 0.5) is 0 Å². The van der Waals surface area contributed by atoms with Gasteiger partial charge in [0.2, 0.25) is 0 Å². The average molecular weight is 278 g/mol. The number of rotatable bonds is 2. The van der Waals surface area contributed by atoms with Crippen LogP contribution in [0.15, 0.2) is 27.4 Å². The predicted octanol–water partition coefficient (Wildman–Crippen LogP) is 1.35. The molecule has 0 radical (unpaired) electrons. The van der Waals surface area contributed by atoms with Gasteiger partial charge in [-0.25, -0.2) is 4.79 Å². The van der Waals surface area contributed by atoms with Crippen molar-refractivity contribution in [1.29, 1.82) is 0 Å². The van der Waals surface area contributed by atoms with E-state index < -0.39 is 29.1 Å². The maximum absolute atomic E-state index is 11.6. The number of benzene rings is 1. The van der Waals surface area contributed by atoms with E-state index in [1.165, 1.54) is 25.1 Å². The first-order valence-corrected chi connectivity index (χ1v) is 5.55. The van der Waals surface area contributed by atoms with Gasteiger partial charge in [0.15, 0.2) is 5.75 Å². The summed E-state index contributed by atoms with van der Waals surface area (Å²) in [5, 5.41) is 10.0. The van der Waals surface area contributed by atoms with Crippen LogP contribution in [0.1, 0.15) is 13.8 Å². The second-order valence-corrected chi connectivity index (χ2v) is 3.88. The molecule has 0 bridgehead atoms. The van der Waals surface area contributed by atoms with Crippen LogP contribution in [0, 0.1) is 0 Å². The smallest absolute Gasteiger partial charge is 0.383 e. The third-order valence-electron chi connectivity index (χ3n) is 2.33. The van der Waals surface area contributed by atoms with Crippen LogP contribution in [0.5, 0.6) is 17.2 Å². The summed E-state index contributed by atoms with van der Waals surface area (Å²) >= 11 is 0. The molecule has 7 heteroatoms. The van der Waals surface area contributed by atoms with Crippen molar-refractivity contribution in [2.45, 2.75) is 13.8 Å². The molecule has 0 atom stereocenters. The zero-order chi connectivity index (χ0) is 14.9. The third kappa shape index (κ3) is 2.46. The monoisotopic (exact) mass is 278 g/mol. The van der Waals surface area contributed by atoms with Crippen LogP contribution in [0.25, 0.3) is 11.0 Å². The van der Waals surface area contributed by atoms with Gasteiger partial charge in [0.25, 0.3) is 5.75 Å². The average Bonchev–Trinajstić information content (AvgIpc) is 2.33. The molecule has 0 spiro atoms. The first kappa shape index (κ1) is 13.6. The van der Waals surface area contributed by atoms with E-state index in [1.807, 2.05) is 0 Å². The summed E-state index contributed by atoms with van der Waals surface area (Å²) in [7, 11) is 0. The molecule has 0 unspecified atom stereocenters. The summed E-state index contributed by atoms with van der Waals surface area (Å²) in [5.74, 6) is -2.69. The van der Waals surface area contributed by atoms with Crippen molar-refractivity contribution in [3.05, 3.63) is 28.6 Å². The lowest BCUT2D eigenvalue weighted by Gasteiger charge is -2.09. The van der Waals surface area contributed by atoms with Gasteiger partial charge >= 0.3 is 17.6 Å². The molecular formula is C13H10O7. The van der Waals surface area contributed by atoms with Gasteiger partial charge in [0, 0.05) is 13.8 Å². The van der Waals surface area contributed by atoms with Crippen molar-refractivity contribution < 1.29 is 28.6 Å². The van der Waals surface area contributed by atoms with Gasteiger partial charge in [-0.1, -0.05) is 6.07 Å². The molecule has 1 N–H and O–H groups in total. The predicted molar refractivity (Wildman–Crippen MR) is 66.8 cm³/mol. The van der Waals surface area contributed by atoms with E-state index in [-0.39, 0.29) is 16.7 Å². The van der Waals surface area contributed by atoms with E-state index in [2.05, 4.69) is 4.74 Å². The molecule has 7 nitrogen and oxygen atoms in total. The van der Waals surface area contributed by atoms with Crippen LogP contribution in [-0.2, 0) is 9.59 Å². The van der Waals surface area contributed by atoms with Crippen LogP contribution in [-0.4, -0.2) is 17.0 Å². The normalized spacial score (nSPS) is 10.3. The zero-order valence-electron chi connectivity index (χ0n) is 10.6. The zero-order valence-corrected chi connectivity index (χ0v) is 10.6. The second kappa shape index (κ2) is 5.04. The number of carbonyl (C=O) groups excluding carboxylic acids is 2. The Hall–Kier alpha value is -2.83. The maximum Gasteiger partial charge on any atom is 0.383 e. The molecule has 0 aliphatic carbocycles. The summed E-state index contributed by atoms with van der Waals surface area (Å²) in [6.07, 6.45) is 0. The lowest BCUT2D eigenvalue weighted by molar-refractivity contribution is -0.133. The van der Waals surface area contributed by atoms with Crippen molar-refractivity contribution >= 4 is 22.9 Å².